The van der Waals surface area contributed by atoms with Gasteiger partial charge in [-0.25, -0.2) is 0 Å². The van der Waals surface area contributed by atoms with Gasteiger partial charge < -0.3 is 10.1 Å². The maximum Gasteiger partial charge on any atom is 0.0469 e. The first kappa shape index (κ1) is 17.2. The third-order valence-corrected chi connectivity index (χ3v) is 5.68. The summed E-state index contributed by atoms with van der Waals surface area (Å²) >= 11 is 0. The Morgan fingerprint density at radius 1 is 1.10 bits per heavy atom. The Morgan fingerprint density at radius 3 is 2.24 bits per heavy atom. The SMILES string of the molecule is CC(C)C1CNC(C(C)(C)C)CN1C(C)C1CCOCC1. The molecule has 2 heterocycles. The van der Waals surface area contributed by atoms with Crippen molar-refractivity contribution in [3.63, 3.8) is 0 Å². The molecule has 2 rings (SSSR count). The van der Waals surface area contributed by atoms with Crippen molar-refractivity contribution in [1.29, 1.82) is 0 Å². The molecule has 2 aliphatic rings. The van der Waals surface area contributed by atoms with E-state index in [9.17, 15) is 0 Å². The van der Waals surface area contributed by atoms with Crippen LogP contribution < -0.4 is 5.32 Å². The molecule has 0 aliphatic carbocycles. The summed E-state index contributed by atoms with van der Waals surface area (Å²) < 4.78 is 5.56. The van der Waals surface area contributed by atoms with Crippen molar-refractivity contribution < 1.29 is 4.74 Å². The molecule has 0 radical (unpaired) electrons. The van der Waals surface area contributed by atoms with E-state index in [0.717, 1.165) is 25.7 Å². The predicted octanol–water partition coefficient (Wildman–Crippen LogP) is 3.15. The van der Waals surface area contributed by atoms with E-state index in [1.807, 2.05) is 0 Å². The van der Waals surface area contributed by atoms with Crippen molar-refractivity contribution in [3.05, 3.63) is 0 Å². The molecule has 3 unspecified atom stereocenters. The fourth-order valence-corrected chi connectivity index (χ4v) is 3.93. The Kier molecular flexibility index (Phi) is 5.72. The van der Waals surface area contributed by atoms with Gasteiger partial charge in [0.1, 0.15) is 0 Å². The number of ether oxygens (including phenoxy) is 1. The van der Waals surface area contributed by atoms with Crippen LogP contribution in [0, 0.1) is 17.3 Å². The fourth-order valence-electron chi connectivity index (χ4n) is 3.93. The van der Waals surface area contributed by atoms with Gasteiger partial charge in [-0.3, -0.25) is 4.90 Å². The smallest absolute Gasteiger partial charge is 0.0469 e. The molecule has 0 aromatic carbocycles. The van der Waals surface area contributed by atoms with Crippen molar-refractivity contribution in [2.75, 3.05) is 26.3 Å². The highest BCUT2D eigenvalue weighted by Gasteiger charge is 2.39. The summed E-state index contributed by atoms with van der Waals surface area (Å²) in [5, 5.41) is 3.81. The van der Waals surface area contributed by atoms with Crippen LogP contribution in [0.4, 0.5) is 0 Å². The molecule has 0 amide bonds. The van der Waals surface area contributed by atoms with E-state index in [0.29, 0.717) is 29.5 Å². The molecular weight excluding hydrogens is 260 g/mol. The standard InChI is InChI=1S/C18H36N2O/c1-13(2)16-11-19-17(18(4,5)6)12-20(16)14(3)15-7-9-21-10-8-15/h13-17,19H,7-12H2,1-6H3. The van der Waals surface area contributed by atoms with E-state index >= 15 is 0 Å². The van der Waals surface area contributed by atoms with Crippen LogP contribution in [0.3, 0.4) is 0 Å². The fraction of sp³-hybridized carbons (Fsp3) is 1.00. The van der Waals surface area contributed by atoms with Gasteiger partial charge in [-0.05, 0) is 37.0 Å². The molecule has 0 spiro atoms. The number of hydrogen-bond donors (Lipinski definition) is 1. The highest BCUT2D eigenvalue weighted by atomic mass is 16.5. The molecule has 1 N–H and O–H groups in total. The van der Waals surface area contributed by atoms with Gasteiger partial charge in [-0.15, -0.1) is 0 Å². The molecule has 2 saturated heterocycles. The van der Waals surface area contributed by atoms with E-state index in [2.05, 4.69) is 51.8 Å². The summed E-state index contributed by atoms with van der Waals surface area (Å²) in [7, 11) is 0. The number of rotatable bonds is 3. The van der Waals surface area contributed by atoms with E-state index in [4.69, 9.17) is 4.74 Å². The van der Waals surface area contributed by atoms with E-state index in [-0.39, 0.29) is 0 Å². The molecule has 2 aliphatic heterocycles. The summed E-state index contributed by atoms with van der Waals surface area (Å²) in [6.07, 6.45) is 2.46. The van der Waals surface area contributed by atoms with Crippen LogP contribution in [0.25, 0.3) is 0 Å². The third kappa shape index (κ3) is 4.20. The average Bonchev–Trinajstić information content (AvgIpc) is 2.45. The number of hydrogen-bond acceptors (Lipinski definition) is 3. The monoisotopic (exact) mass is 296 g/mol. The maximum absolute atomic E-state index is 5.56. The summed E-state index contributed by atoms with van der Waals surface area (Å²) in [4.78, 5) is 2.81. The van der Waals surface area contributed by atoms with Crippen LogP contribution in [-0.2, 0) is 4.74 Å². The molecule has 3 atom stereocenters. The van der Waals surface area contributed by atoms with Crippen LogP contribution >= 0.6 is 0 Å². The lowest BCUT2D eigenvalue weighted by Crippen LogP contribution is -2.64. The molecule has 0 saturated carbocycles. The van der Waals surface area contributed by atoms with Crippen molar-refractivity contribution in [3.8, 4) is 0 Å². The van der Waals surface area contributed by atoms with E-state index in [1.54, 1.807) is 0 Å². The minimum Gasteiger partial charge on any atom is -0.381 e. The van der Waals surface area contributed by atoms with Crippen LogP contribution in [0.5, 0.6) is 0 Å². The molecule has 0 aromatic heterocycles. The second-order valence-electron chi connectivity index (χ2n) is 8.53. The lowest BCUT2D eigenvalue weighted by molar-refractivity contribution is -0.0172. The molecule has 2 fully saturated rings. The molecular formula is C18H36N2O. The highest BCUT2D eigenvalue weighted by Crippen LogP contribution is 2.31. The Bertz CT molecular complexity index is 318. The summed E-state index contributed by atoms with van der Waals surface area (Å²) in [6.45, 7) is 18.5. The summed E-state index contributed by atoms with van der Waals surface area (Å²) in [5.41, 5.74) is 0.329. The summed E-state index contributed by atoms with van der Waals surface area (Å²) in [6, 6.07) is 1.93. The summed E-state index contributed by atoms with van der Waals surface area (Å²) in [5.74, 6) is 1.51. The Morgan fingerprint density at radius 2 is 1.71 bits per heavy atom. The first-order valence-corrected chi connectivity index (χ1v) is 8.87. The Hall–Kier alpha value is -0.120. The maximum atomic E-state index is 5.56. The molecule has 124 valence electrons. The zero-order chi connectivity index (χ0) is 15.6. The second kappa shape index (κ2) is 6.97. The Balaban J connectivity index is 2.09. The molecule has 3 nitrogen and oxygen atoms in total. The van der Waals surface area contributed by atoms with Crippen LogP contribution in [0.2, 0.25) is 0 Å². The lowest BCUT2D eigenvalue weighted by atomic mass is 9.81. The molecule has 0 aromatic rings. The molecule has 3 heteroatoms. The van der Waals surface area contributed by atoms with Crippen molar-refractivity contribution >= 4 is 0 Å². The normalized spacial score (nSPS) is 31.6. The van der Waals surface area contributed by atoms with Gasteiger partial charge in [0.05, 0.1) is 0 Å². The van der Waals surface area contributed by atoms with Crippen molar-refractivity contribution in [2.24, 2.45) is 17.3 Å². The van der Waals surface area contributed by atoms with Crippen molar-refractivity contribution in [2.45, 2.75) is 72.5 Å². The van der Waals surface area contributed by atoms with Gasteiger partial charge >= 0.3 is 0 Å². The highest BCUT2D eigenvalue weighted by molar-refractivity contribution is 4.96. The van der Waals surface area contributed by atoms with Crippen LogP contribution in [-0.4, -0.2) is 49.3 Å². The van der Waals surface area contributed by atoms with Gasteiger partial charge in [0.15, 0.2) is 0 Å². The third-order valence-electron chi connectivity index (χ3n) is 5.68. The minimum absolute atomic E-state index is 0.329. The number of nitrogens with zero attached hydrogens (tertiary/aromatic N) is 1. The lowest BCUT2D eigenvalue weighted by Gasteiger charge is -2.50. The number of piperazine rings is 1. The van der Waals surface area contributed by atoms with Gasteiger partial charge in [-0.2, -0.15) is 0 Å². The van der Waals surface area contributed by atoms with E-state index < -0.39 is 0 Å². The van der Waals surface area contributed by atoms with Gasteiger partial charge in [0.25, 0.3) is 0 Å². The minimum atomic E-state index is 0.329. The first-order valence-electron chi connectivity index (χ1n) is 8.87. The largest absolute Gasteiger partial charge is 0.381 e. The van der Waals surface area contributed by atoms with Crippen LogP contribution in [0.1, 0.15) is 54.4 Å². The van der Waals surface area contributed by atoms with E-state index in [1.165, 1.54) is 19.4 Å². The zero-order valence-corrected chi connectivity index (χ0v) is 15.0. The van der Waals surface area contributed by atoms with Crippen molar-refractivity contribution in [1.82, 2.24) is 10.2 Å². The quantitative estimate of drug-likeness (QED) is 0.866. The Labute approximate surface area is 131 Å². The topological polar surface area (TPSA) is 24.5 Å². The predicted molar refractivity (Wildman–Crippen MR) is 89.6 cm³/mol. The van der Waals surface area contributed by atoms with Gasteiger partial charge in [0.2, 0.25) is 0 Å². The van der Waals surface area contributed by atoms with Crippen LogP contribution in [0.15, 0.2) is 0 Å². The molecule has 21 heavy (non-hydrogen) atoms. The van der Waals surface area contributed by atoms with Gasteiger partial charge in [-0.1, -0.05) is 34.6 Å². The second-order valence-corrected chi connectivity index (χ2v) is 8.53. The number of nitrogens with one attached hydrogen (secondary N) is 1. The average molecular weight is 296 g/mol. The molecule has 0 bridgehead atoms. The first-order chi connectivity index (χ1) is 9.80. The zero-order valence-electron chi connectivity index (χ0n) is 15.0. The van der Waals surface area contributed by atoms with Gasteiger partial charge in [0, 0.05) is 44.4 Å².